The number of nitriles is 1. The van der Waals surface area contributed by atoms with Crippen molar-refractivity contribution in [2.45, 2.75) is 6.92 Å². The van der Waals surface area contributed by atoms with E-state index in [1.165, 1.54) is 24.5 Å². The standard InChI is InChI=1S/C17H10FN3O2S/c1-9-2-3-12(13(18)4-9)15-10(6-19)5-11(7-20-15)16-21-8-14(24-16)17(22)23/h2-5,7-8H,1H3,(H,22,23). The number of carboxylic acid groups (broad SMARTS) is 1. The molecule has 0 saturated heterocycles. The first kappa shape index (κ1) is 15.8. The Morgan fingerprint density at radius 1 is 1.29 bits per heavy atom. The van der Waals surface area contributed by atoms with E-state index >= 15 is 0 Å². The lowest BCUT2D eigenvalue weighted by molar-refractivity contribution is 0.0702. The van der Waals surface area contributed by atoms with Gasteiger partial charge < -0.3 is 5.11 Å². The zero-order chi connectivity index (χ0) is 17.3. The predicted octanol–water partition coefficient (Wildman–Crippen LogP) is 3.89. The fraction of sp³-hybridized carbons (Fsp3) is 0.0588. The molecular formula is C17H10FN3O2S. The van der Waals surface area contributed by atoms with Crippen molar-refractivity contribution in [2.24, 2.45) is 0 Å². The Morgan fingerprint density at radius 2 is 2.08 bits per heavy atom. The molecular weight excluding hydrogens is 329 g/mol. The minimum Gasteiger partial charge on any atom is -0.477 e. The Hall–Kier alpha value is -3.11. The van der Waals surface area contributed by atoms with E-state index in [-0.39, 0.29) is 21.7 Å². The summed E-state index contributed by atoms with van der Waals surface area (Å²) in [6.45, 7) is 1.77. The molecule has 0 unspecified atom stereocenters. The fourth-order valence-corrected chi connectivity index (χ4v) is 2.94. The maximum Gasteiger partial charge on any atom is 0.347 e. The van der Waals surface area contributed by atoms with Crippen LogP contribution >= 0.6 is 11.3 Å². The summed E-state index contributed by atoms with van der Waals surface area (Å²) in [6, 6.07) is 8.25. The summed E-state index contributed by atoms with van der Waals surface area (Å²) in [6.07, 6.45) is 2.71. The Labute approximate surface area is 140 Å². The summed E-state index contributed by atoms with van der Waals surface area (Å²) in [5.74, 6) is -1.51. The largest absolute Gasteiger partial charge is 0.477 e. The summed E-state index contributed by atoms with van der Waals surface area (Å²) in [4.78, 5) is 19.3. The van der Waals surface area contributed by atoms with Crippen LogP contribution in [-0.4, -0.2) is 21.0 Å². The number of carboxylic acids is 1. The highest BCUT2D eigenvalue weighted by molar-refractivity contribution is 7.16. The third kappa shape index (κ3) is 2.87. The molecule has 2 aromatic heterocycles. The average molecular weight is 339 g/mol. The zero-order valence-corrected chi connectivity index (χ0v) is 13.3. The smallest absolute Gasteiger partial charge is 0.347 e. The van der Waals surface area contributed by atoms with Gasteiger partial charge in [-0.05, 0) is 30.7 Å². The molecule has 0 atom stereocenters. The van der Waals surface area contributed by atoms with Gasteiger partial charge in [-0.1, -0.05) is 6.07 Å². The number of hydrogen-bond acceptors (Lipinski definition) is 5. The molecule has 0 amide bonds. The van der Waals surface area contributed by atoms with Gasteiger partial charge in [-0.3, -0.25) is 4.98 Å². The van der Waals surface area contributed by atoms with Crippen LogP contribution in [0.1, 0.15) is 20.8 Å². The Balaban J connectivity index is 2.08. The summed E-state index contributed by atoms with van der Waals surface area (Å²) >= 11 is 0.986. The van der Waals surface area contributed by atoms with Crippen molar-refractivity contribution in [3.63, 3.8) is 0 Å². The maximum atomic E-state index is 14.1. The van der Waals surface area contributed by atoms with Crippen molar-refractivity contribution in [3.05, 3.63) is 58.5 Å². The zero-order valence-electron chi connectivity index (χ0n) is 12.4. The van der Waals surface area contributed by atoms with Crippen molar-refractivity contribution in [2.75, 3.05) is 0 Å². The summed E-state index contributed by atoms with van der Waals surface area (Å²) in [5, 5.41) is 18.8. The van der Waals surface area contributed by atoms with Gasteiger partial charge in [-0.15, -0.1) is 11.3 Å². The van der Waals surface area contributed by atoms with Crippen molar-refractivity contribution in [3.8, 4) is 27.9 Å². The predicted molar refractivity (Wildman–Crippen MR) is 87.2 cm³/mol. The molecule has 118 valence electrons. The molecule has 0 radical (unpaired) electrons. The van der Waals surface area contributed by atoms with Crippen molar-refractivity contribution < 1.29 is 14.3 Å². The van der Waals surface area contributed by atoms with Crippen molar-refractivity contribution >= 4 is 17.3 Å². The van der Waals surface area contributed by atoms with Crippen molar-refractivity contribution in [1.82, 2.24) is 9.97 Å². The fourth-order valence-electron chi connectivity index (χ4n) is 2.20. The second kappa shape index (κ2) is 6.18. The first-order valence-electron chi connectivity index (χ1n) is 6.85. The Morgan fingerprint density at radius 3 is 2.71 bits per heavy atom. The van der Waals surface area contributed by atoms with Gasteiger partial charge >= 0.3 is 5.97 Å². The lowest BCUT2D eigenvalue weighted by Gasteiger charge is -2.07. The van der Waals surface area contributed by atoms with E-state index in [4.69, 9.17) is 5.11 Å². The molecule has 5 nitrogen and oxygen atoms in total. The molecule has 0 aliphatic rings. The van der Waals surface area contributed by atoms with E-state index in [1.54, 1.807) is 19.1 Å². The monoisotopic (exact) mass is 339 g/mol. The van der Waals surface area contributed by atoms with Gasteiger partial charge in [-0.25, -0.2) is 14.2 Å². The topological polar surface area (TPSA) is 86.9 Å². The second-order valence-electron chi connectivity index (χ2n) is 5.05. The third-order valence-electron chi connectivity index (χ3n) is 3.35. The SMILES string of the molecule is Cc1ccc(-c2ncc(-c3ncc(C(=O)O)s3)cc2C#N)c(F)c1. The Bertz CT molecular complexity index is 992. The molecule has 2 heterocycles. The first-order chi connectivity index (χ1) is 11.5. The average Bonchev–Trinajstić information content (AvgIpc) is 3.05. The number of benzene rings is 1. The highest BCUT2D eigenvalue weighted by Crippen LogP contribution is 2.30. The number of halogens is 1. The van der Waals surface area contributed by atoms with Gasteiger partial charge in [0.1, 0.15) is 21.8 Å². The molecule has 3 rings (SSSR count). The number of aromatic nitrogens is 2. The summed E-state index contributed by atoms with van der Waals surface area (Å²) in [5.41, 5.74) is 1.97. The van der Waals surface area contributed by atoms with E-state index in [9.17, 15) is 14.4 Å². The molecule has 0 saturated carbocycles. The summed E-state index contributed by atoms with van der Waals surface area (Å²) in [7, 11) is 0. The maximum absolute atomic E-state index is 14.1. The summed E-state index contributed by atoms with van der Waals surface area (Å²) < 4.78 is 14.1. The molecule has 0 bridgehead atoms. The van der Waals surface area contributed by atoms with Gasteiger partial charge in [0.05, 0.1) is 17.5 Å². The van der Waals surface area contributed by atoms with E-state index in [1.807, 2.05) is 6.07 Å². The van der Waals surface area contributed by atoms with Gasteiger partial charge in [0.25, 0.3) is 0 Å². The number of carbonyl (C=O) groups is 1. The molecule has 1 aromatic carbocycles. The molecule has 7 heteroatoms. The molecule has 0 aliphatic heterocycles. The number of hydrogen-bond donors (Lipinski definition) is 1. The van der Waals surface area contributed by atoms with Crippen LogP contribution in [0, 0.1) is 24.1 Å². The molecule has 0 aliphatic carbocycles. The number of rotatable bonds is 3. The van der Waals surface area contributed by atoms with E-state index in [2.05, 4.69) is 9.97 Å². The molecule has 1 N–H and O–H groups in total. The third-order valence-corrected chi connectivity index (χ3v) is 4.39. The number of nitrogens with zero attached hydrogens (tertiary/aromatic N) is 3. The normalized spacial score (nSPS) is 10.4. The van der Waals surface area contributed by atoms with Crippen LogP contribution in [0.3, 0.4) is 0 Å². The van der Waals surface area contributed by atoms with E-state index < -0.39 is 11.8 Å². The Kier molecular flexibility index (Phi) is 4.06. The molecule has 3 aromatic rings. The highest BCUT2D eigenvalue weighted by Gasteiger charge is 2.15. The van der Waals surface area contributed by atoms with Crippen LogP contribution in [0.4, 0.5) is 4.39 Å². The quantitative estimate of drug-likeness (QED) is 0.782. The molecule has 24 heavy (non-hydrogen) atoms. The molecule has 0 fully saturated rings. The van der Waals surface area contributed by atoms with Crippen LogP contribution in [0.2, 0.25) is 0 Å². The van der Waals surface area contributed by atoms with Crippen LogP contribution in [0.15, 0.2) is 36.7 Å². The van der Waals surface area contributed by atoms with Gasteiger partial charge in [0.2, 0.25) is 0 Å². The van der Waals surface area contributed by atoms with Crippen LogP contribution in [-0.2, 0) is 0 Å². The minimum absolute atomic E-state index is 0.0946. The first-order valence-corrected chi connectivity index (χ1v) is 7.67. The number of thiazole rings is 1. The van der Waals surface area contributed by atoms with Crippen LogP contribution in [0.25, 0.3) is 21.8 Å². The minimum atomic E-state index is -1.06. The van der Waals surface area contributed by atoms with Crippen LogP contribution in [0.5, 0.6) is 0 Å². The van der Waals surface area contributed by atoms with Gasteiger partial charge in [0.15, 0.2) is 0 Å². The van der Waals surface area contributed by atoms with E-state index in [0.29, 0.717) is 10.6 Å². The number of pyridine rings is 1. The van der Waals surface area contributed by atoms with Crippen LogP contribution < -0.4 is 0 Å². The lowest BCUT2D eigenvalue weighted by Crippen LogP contribution is -1.94. The van der Waals surface area contributed by atoms with Crippen molar-refractivity contribution in [1.29, 1.82) is 5.26 Å². The van der Waals surface area contributed by atoms with Gasteiger partial charge in [0, 0.05) is 17.3 Å². The second-order valence-corrected chi connectivity index (χ2v) is 6.08. The molecule has 0 spiro atoms. The van der Waals surface area contributed by atoms with E-state index in [0.717, 1.165) is 16.9 Å². The highest BCUT2D eigenvalue weighted by atomic mass is 32.1. The van der Waals surface area contributed by atoms with Gasteiger partial charge in [-0.2, -0.15) is 5.26 Å². The number of aryl methyl sites for hydroxylation is 1. The number of aromatic carboxylic acids is 1. The lowest BCUT2D eigenvalue weighted by atomic mass is 10.0.